The van der Waals surface area contributed by atoms with Gasteiger partial charge in [-0.15, -0.1) is 0 Å². The topological polar surface area (TPSA) is 111 Å². The van der Waals surface area contributed by atoms with Crippen LogP contribution in [0.25, 0.3) is 0 Å². The average Bonchev–Trinajstić information content (AvgIpc) is 2.43. The van der Waals surface area contributed by atoms with Crippen LogP contribution in [0.4, 0.5) is 5.69 Å². The Bertz CT molecular complexity index is 547. The summed E-state index contributed by atoms with van der Waals surface area (Å²) in [5.41, 5.74) is -0.258. The first-order chi connectivity index (χ1) is 9.47. The molecule has 0 heterocycles. The van der Waals surface area contributed by atoms with Crippen LogP contribution < -0.4 is 10.0 Å². The zero-order chi connectivity index (χ0) is 15.0. The highest BCUT2D eigenvalue weighted by Gasteiger charge is 2.16. The van der Waals surface area contributed by atoms with Crippen molar-refractivity contribution in [2.75, 3.05) is 33.4 Å². The molecule has 1 aromatic rings. The number of non-ortho nitro benzene ring substituents is 1. The largest absolute Gasteiger partial charge is 0.383 e. The van der Waals surface area contributed by atoms with Gasteiger partial charge in [0.05, 0.1) is 16.4 Å². The van der Waals surface area contributed by atoms with Crippen molar-refractivity contribution in [2.45, 2.75) is 4.90 Å². The number of nitrogens with one attached hydrogen (secondary N) is 2. The molecule has 1 aromatic carbocycles. The van der Waals surface area contributed by atoms with E-state index < -0.39 is 14.9 Å². The van der Waals surface area contributed by atoms with Crippen LogP contribution in [0.3, 0.4) is 0 Å². The first-order valence-electron chi connectivity index (χ1n) is 5.91. The van der Waals surface area contributed by atoms with Gasteiger partial charge in [-0.25, -0.2) is 13.1 Å². The molecule has 0 unspecified atom stereocenters. The number of methoxy groups -OCH3 is 1. The van der Waals surface area contributed by atoms with Crippen LogP contribution in [0.1, 0.15) is 0 Å². The lowest BCUT2D eigenvalue weighted by Gasteiger charge is -2.07. The molecule has 0 aliphatic carbocycles. The molecule has 0 saturated heterocycles. The monoisotopic (exact) mass is 303 g/mol. The van der Waals surface area contributed by atoms with Gasteiger partial charge >= 0.3 is 0 Å². The summed E-state index contributed by atoms with van der Waals surface area (Å²) in [5, 5.41) is 13.6. The number of nitrogens with zero attached hydrogens (tertiary/aromatic N) is 1. The number of benzene rings is 1. The van der Waals surface area contributed by atoms with Gasteiger partial charge in [0.2, 0.25) is 10.0 Å². The van der Waals surface area contributed by atoms with Crippen LogP contribution in [0.2, 0.25) is 0 Å². The molecule has 1 rings (SSSR count). The Morgan fingerprint density at radius 3 is 2.70 bits per heavy atom. The van der Waals surface area contributed by atoms with Crippen molar-refractivity contribution in [3.05, 3.63) is 34.4 Å². The van der Waals surface area contributed by atoms with E-state index in [0.29, 0.717) is 19.7 Å². The number of nitro groups is 1. The van der Waals surface area contributed by atoms with Gasteiger partial charge in [-0.3, -0.25) is 10.1 Å². The highest BCUT2D eigenvalue weighted by Crippen LogP contribution is 2.16. The lowest BCUT2D eigenvalue weighted by Crippen LogP contribution is -2.33. The number of nitro benzene ring substituents is 1. The molecule has 0 spiro atoms. The second-order valence-electron chi connectivity index (χ2n) is 3.90. The van der Waals surface area contributed by atoms with Gasteiger partial charge in [0.25, 0.3) is 5.69 Å². The Hall–Kier alpha value is -1.55. The van der Waals surface area contributed by atoms with E-state index in [0.717, 1.165) is 6.07 Å². The average molecular weight is 303 g/mol. The molecule has 112 valence electrons. The normalized spacial score (nSPS) is 11.4. The molecule has 0 bridgehead atoms. The Balaban J connectivity index is 2.56. The number of ether oxygens (including phenoxy) is 1. The molecular formula is C11H17N3O5S. The van der Waals surface area contributed by atoms with E-state index in [9.17, 15) is 18.5 Å². The molecule has 0 fully saturated rings. The van der Waals surface area contributed by atoms with E-state index in [1.807, 2.05) is 0 Å². The first kappa shape index (κ1) is 16.5. The van der Waals surface area contributed by atoms with Gasteiger partial charge in [-0.1, -0.05) is 6.07 Å². The van der Waals surface area contributed by atoms with Crippen molar-refractivity contribution in [3.63, 3.8) is 0 Å². The molecule has 0 aliphatic heterocycles. The summed E-state index contributed by atoms with van der Waals surface area (Å²) in [6.45, 7) is 1.79. The van der Waals surface area contributed by atoms with Crippen LogP contribution in [0.5, 0.6) is 0 Å². The fourth-order valence-corrected chi connectivity index (χ4v) is 2.49. The number of sulfonamides is 1. The maximum absolute atomic E-state index is 11.9. The van der Waals surface area contributed by atoms with Crippen LogP contribution in [0, 0.1) is 10.1 Å². The highest BCUT2D eigenvalue weighted by atomic mass is 32.2. The van der Waals surface area contributed by atoms with Crippen LogP contribution >= 0.6 is 0 Å². The molecule has 0 amide bonds. The summed E-state index contributed by atoms with van der Waals surface area (Å²) in [6, 6.07) is 4.92. The van der Waals surface area contributed by atoms with Gasteiger partial charge in [0.1, 0.15) is 0 Å². The standard InChI is InChI=1S/C11H17N3O5S/c1-19-8-7-12-5-6-13-20(17,18)11-4-2-3-10(9-11)14(15)16/h2-4,9,12-13H,5-8H2,1H3. The highest BCUT2D eigenvalue weighted by molar-refractivity contribution is 7.89. The summed E-state index contributed by atoms with van der Waals surface area (Å²) in [5.74, 6) is 0. The van der Waals surface area contributed by atoms with E-state index in [4.69, 9.17) is 4.74 Å². The van der Waals surface area contributed by atoms with Crippen LogP contribution in [-0.4, -0.2) is 46.7 Å². The lowest BCUT2D eigenvalue weighted by molar-refractivity contribution is -0.385. The molecule has 8 nitrogen and oxygen atoms in total. The summed E-state index contributed by atoms with van der Waals surface area (Å²) in [7, 11) is -2.16. The van der Waals surface area contributed by atoms with E-state index in [1.54, 1.807) is 7.11 Å². The maximum Gasteiger partial charge on any atom is 0.270 e. The van der Waals surface area contributed by atoms with Crippen molar-refractivity contribution < 1.29 is 18.1 Å². The number of hydrogen-bond donors (Lipinski definition) is 2. The van der Waals surface area contributed by atoms with Crippen LogP contribution in [-0.2, 0) is 14.8 Å². The molecule has 2 N–H and O–H groups in total. The van der Waals surface area contributed by atoms with Crippen molar-refractivity contribution >= 4 is 15.7 Å². The third-order valence-corrected chi connectivity index (χ3v) is 3.87. The summed E-state index contributed by atoms with van der Waals surface area (Å²) in [4.78, 5) is 9.85. The second-order valence-corrected chi connectivity index (χ2v) is 5.66. The van der Waals surface area contributed by atoms with Gasteiger partial charge < -0.3 is 10.1 Å². The fraction of sp³-hybridized carbons (Fsp3) is 0.455. The fourth-order valence-electron chi connectivity index (χ4n) is 1.42. The van der Waals surface area contributed by atoms with Crippen molar-refractivity contribution in [1.29, 1.82) is 0 Å². The second kappa shape index (κ2) is 7.90. The van der Waals surface area contributed by atoms with Gasteiger partial charge in [0.15, 0.2) is 0 Å². The van der Waals surface area contributed by atoms with Crippen molar-refractivity contribution in [3.8, 4) is 0 Å². The Morgan fingerprint density at radius 1 is 1.30 bits per heavy atom. The van der Waals surface area contributed by atoms with Gasteiger partial charge in [0, 0.05) is 38.9 Å². The first-order valence-corrected chi connectivity index (χ1v) is 7.39. The zero-order valence-electron chi connectivity index (χ0n) is 11.0. The van der Waals surface area contributed by atoms with Crippen molar-refractivity contribution in [2.24, 2.45) is 0 Å². The third kappa shape index (κ3) is 5.21. The SMILES string of the molecule is COCCNCCNS(=O)(=O)c1cccc([N+](=O)[O-])c1. The Labute approximate surface area is 117 Å². The van der Waals surface area contributed by atoms with Gasteiger partial charge in [-0.05, 0) is 6.07 Å². The zero-order valence-corrected chi connectivity index (χ0v) is 11.9. The molecule has 9 heteroatoms. The van der Waals surface area contributed by atoms with E-state index in [-0.39, 0.29) is 17.1 Å². The molecule has 0 radical (unpaired) electrons. The summed E-state index contributed by atoms with van der Waals surface area (Å²) >= 11 is 0. The molecule has 0 aliphatic rings. The third-order valence-electron chi connectivity index (χ3n) is 2.42. The Morgan fingerprint density at radius 2 is 2.05 bits per heavy atom. The van der Waals surface area contributed by atoms with E-state index in [2.05, 4.69) is 10.0 Å². The quantitative estimate of drug-likeness (QED) is 0.380. The predicted octanol–water partition coefficient (Wildman–Crippen LogP) is 0.109. The molecule has 0 atom stereocenters. The van der Waals surface area contributed by atoms with Crippen molar-refractivity contribution in [1.82, 2.24) is 10.0 Å². The Kier molecular flexibility index (Phi) is 6.52. The van der Waals surface area contributed by atoms with Crippen LogP contribution in [0.15, 0.2) is 29.2 Å². The molecular weight excluding hydrogens is 286 g/mol. The predicted molar refractivity (Wildman–Crippen MR) is 73.0 cm³/mol. The minimum absolute atomic E-state index is 0.122. The smallest absolute Gasteiger partial charge is 0.270 e. The summed E-state index contributed by atoms with van der Waals surface area (Å²) in [6.07, 6.45) is 0. The minimum Gasteiger partial charge on any atom is -0.383 e. The van der Waals surface area contributed by atoms with E-state index >= 15 is 0 Å². The van der Waals surface area contributed by atoms with E-state index in [1.165, 1.54) is 18.2 Å². The number of hydrogen-bond acceptors (Lipinski definition) is 6. The number of rotatable bonds is 9. The molecule has 0 saturated carbocycles. The maximum atomic E-state index is 11.9. The van der Waals surface area contributed by atoms with Gasteiger partial charge in [-0.2, -0.15) is 0 Å². The minimum atomic E-state index is -3.73. The molecule has 20 heavy (non-hydrogen) atoms. The lowest BCUT2D eigenvalue weighted by atomic mass is 10.3. The summed E-state index contributed by atoms with van der Waals surface area (Å²) < 4.78 is 31.0. The molecule has 0 aromatic heterocycles.